The molecule has 7 nitrogen and oxygen atoms in total. The third-order valence-electron chi connectivity index (χ3n) is 4.97. The Hall–Kier alpha value is -3.61. The molecule has 0 saturated carbocycles. The predicted octanol–water partition coefficient (Wildman–Crippen LogP) is 3.80. The van der Waals surface area contributed by atoms with E-state index < -0.39 is 0 Å². The average Bonchev–Trinajstić information content (AvgIpc) is 3.07. The van der Waals surface area contributed by atoms with Crippen LogP contribution >= 0.6 is 0 Å². The zero-order chi connectivity index (χ0) is 21.1. The summed E-state index contributed by atoms with van der Waals surface area (Å²) in [5.41, 5.74) is 1.88. The number of aromatic nitrogens is 3. The van der Waals surface area contributed by atoms with Gasteiger partial charge in [0.25, 0.3) is 5.56 Å². The van der Waals surface area contributed by atoms with E-state index in [4.69, 9.17) is 4.74 Å². The van der Waals surface area contributed by atoms with Gasteiger partial charge < -0.3 is 14.6 Å². The number of benzene rings is 2. The van der Waals surface area contributed by atoms with Crippen molar-refractivity contribution >= 4 is 33.4 Å². The van der Waals surface area contributed by atoms with Crippen molar-refractivity contribution in [2.75, 3.05) is 11.9 Å². The Bertz CT molecular complexity index is 1270. The van der Waals surface area contributed by atoms with Gasteiger partial charge in [-0.15, -0.1) is 0 Å². The minimum absolute atomic E-state index is 0.178. The van der Waals surface area contributed by atoms with E-state index in [9.17, 15) is 9.59 Å². The van der Waals surface area contributed by atoms with E-state index in [2.05, 4.69) is 17.3 Å². The van der Waals surface area contributed by atoms with E-state index in [-0.39, 0.29) is 18.0 Å². The maximum absolute atomic E-state index is 13.2. The number of ether oxygens (including phenoxy) is 1. The van der Waals surface area contributed by atoms with E-state index in [0.29, 0.717) is 23.6 Å². The van der Waals surface area contributed by atoms with Crippen LogP contribution in [-0.2, 0) is 17.9 Å². The van der Waals surface area contributed by atoms with Crippen LogP contribution in [0, 0.1) is 0 Å². The average molecular weight is 404 g/mol. The van der Waals surface area contributed by atoms with Crippen molar-refractivity contribution in [2.24, 2.45) is 0 Å². The van der Waals surface area contributed by atoms with Crippen LogP contribution < -0.4 is 15.6 Å². The minimum Gasteiger partial charge on any atom is -0.492 e. The van der Waals surface area contributed by atoms with Gasteiger partial charge in [-0.05, 0) is 31.5 Å². The molecule has 30 heavy (non-hydrogen) atoms. The predicted molar refractivity (Wildman–Crippen MR) is 118 cm³/mol. The summed E-state index contributed by atoms with van der Waals surface area (Å²) < 4.78 is 8.78. The van der Waals surface area contributed by atoms with Crippen LogP contribution in [0.25, 0.3) is 21.8 Å². The van der Waals surface area contributed by atoms with Gasteiger partial charge in [0.2, 0.25) is 5.91 Å². The first-order valence-electron chi connectivity index (χ1n) is 10.1. The fourth-order valence-corrected chi connectivity index (χ4v) is 3.74. The summed E-state index contributed by atoms with van der Waals surface area (Å²) in [5.74, 6) is 0.251. The number of carbonyl (C=O) groups excluding carboxylic acids is 1. The molecule has 0 bridgehead atoms. The fraction of sp³-hybridized carbons (Fsp3) is 0.261. The van der Waals surface area contributed by atoms with E-state index in [1.54, 1.807) is 18.3 Å². The number of para-hydroxylation sites is 3. The van der Waals surface area contributed by atoms with Crippen LogP contribution in [0.5, 0.6) is 5.75 Å². The maximum Gasteiger partial charge on any atom is 0.291 e. The molecule has 4 aromatic rings. The molecule has 0 radical (unpaired) electrons. The van der Waals surface area contributed by atoms with Gasteiger partial charge in [0.05, 0.1) is 18.5 Å². The number of nitrogens with zero attached hydrogens (tertiary/aromatic N) is 3. The third-order valence-corrected chi connectivity index (χ3v) is 4.97. The monoisotopic (exact) mass is 404 g/mol. The second-order valence-corrected chi connectivity index (χ2v) is 7.02. The number of carbonyl (C=O) groups is 1. The van der Waals surface area contributed by atoms with Crippen LogP contribution in [0.4, 0.5) is 5.69 Å². The summed E-state index contributed by atoms with van der Waals surface area (Å²) in [6.07, 6.45) is 2.57. The molecule has 0 saturated heterocycles. The number of fused-ring (bicyclic) bond motifs is 3. The Morgan fingerprint density at radius 3 is 2.63 bits per heavy atom. The van der Waals surface area contributed by atoms with E-state index in [1.165, 1.54) is 4.68 Å². The molecule has 1 amide bonds. The Morgan fingerprint density at radius 1 is 1.07 bits per heavy atom. The van der Waals surface area contributed by atoms with Crippen LogP contribution in [0.2, 0.25) is 0 Å². The van der Waals surface area contributed by atoms with Gasteiger partial charge in [-0.3, -0.25) is 9.59 Å². The Kier molecular flexibility index (Phi) is 5.52. The summed E-state index contributed by atoms with van der Waals surface area (Å²) in [5, 5.41) is 8.89. The number of aryl methyl sites for hydroxylation is 1. The number of rotatable bonds is 7. The van der Waals surface area contributed by atoms with Gasteiger partial charge in [0, 0.05) is 22.8 Å². The first-order valence-corrected chi connectivity index (χ1v) is 10.1. The smallest absolute Gasteiger partial charge is 0.291 e. The lowest BCUT2D eigenvalue weighted by atomic mass is 10.2. The topological polar surface area (TPSA) is 78.2 Å². The number of anilines is 1. The first-order chi connectivity index (χ1) is 14.6. The minimum atomic E-state index is -0.339. The maximum atomic E-state index is 13.2. The van der Waals surface area contributed by atoms with Crippen molar-refractivity contribution in [1.29, 1.82) is 0 Å². The van der Waals surface area contributed by atoms with Gasteiger partial charge in [-0.2, -0.15) is 5.10 Å². The molecule has 2 heterocycles. The summed E-state index contributed by atoms with van der Waals surface area (Å²) in [6.45, 7) is 4.99. The van der Waals surface area contributed by atoms with Crippen LogP contribution in [-0.4, -0.2) is 26.9 Å². The molecule has 4 rings (SSSR count). The Labute approximate surface area is 173 Å². The number of nitrogens with one attached hydrogen (secondary N) is 1. The summed E-state index contributed by atoms with van der Waals surface area (Å²) in [7, 11) is 0. The van der Waals surface area contributed by atoms with Gasteiger partial charge in [-0.1, -0.05) is 37.3 Å². The van der Waals surface area contributed by atoms with Crippen molar-refractivity contribution in [3.05, 3.63) is 65.1 Å². The summed E-state index contributed by atoms with van der Waals surface area (Å²) in [6, 6.07) is 15.1. The highest BCUT2D eigenvalue weighted by atomic mass is 16.5. The van der Waals surface area contributed by atoms with Crippen LogP contribution in [0.3, 0.4) is 0 Å². The Morgan fingerprint density at radius 2 is 1.83 bits per heavy atom. The van der Waals surface area contributed by atoms with E-state index in [1.807, 2.05) is 47.9 Å². The quantitative estimate of drug-likeness (QED) is 0.508. The first kappa shape index (κ1) is 19.7. The van der Waals surface area contributed by atoms with Gasteiger partial charge >= 0.3 is 0 Å². The van der Waals surface area contributed by atoms with Crippen molar-refractivity contribution < 1.29 is 9.53 Å². The van der Waals surface area contributed by atoms with E-state index in [0.717, 1.165) is 29.3 Å². The third kappa shape index (κ3) is 3.54. The highest BCUT2D eigenvalue weighted by Gasteiger charge is 2.17. The molecular formula is C23H24N4O3. The molecule has 0 unspecified atom stereocenters. The largest absolute Gasteiger partial charge is 0.492 e. The molecule has 1 N–H and O–H groups in total. The van der Waals surface area contributed by atoms with Crippen molar-refractivity contribution in [2.45, 2.75) is 33.4 Å². The zero-order valence-electron chi connectivity index (χ0n) is 17.1. The molecule has 0 aliphatic heterocycles. The van der Waals surface area contributed by atoms with Crippen LogP contribution in [0.15, 0.2) is 59.5 Å². The standard InChI is InChI=1S/C23H24N4O3/c1-3-13-26-19-11-7-5-9-16(19)17-14-24-27(23(29)22(17)26)15-21(28)25-18-10-6-8-12-20(18)30-4-2/h5-12,14H,3-4,13,15H2,1-2H3,(H,25,28). The van der Waals surface area contributed by atoms with Crippen molar-refractivity contribution in [3.8, 4) is 5.75 Å². The molecule has 0 atom stereocenters. The van der Waals surface area contributed by atoms with Gasteiger partial charge in [-0.25, -0.2) is 4.68 Å². The molecule has 7 heteroatoms. The van der Waals surface area contributed by atoms with Gasteiger partial charge in [0.15, 0.2) is 0 Å². The summed E-state index contributed by atoms with van der Waals surface area (Å²) in [4.78, 5) is 25.9. The molecule has 0 fully saturated rings. The van der Waals surface area contributed by atoms with Gasteiger partial charge in [0.1, 0.15) is 17.8 Å². The molecule has 0 aliphatic carbocycles. The second-order valence-electron chi connectivity index (χ2n) is 7.02. The molecule has 0 spiro atoms. The Balaban J connectivity index is 1.69. The lowest BCUT2D eigenvalue weighted by Gasteiger charge is -2.12. The zero-order valence-corrected chi connectivity index (χ0v) is 17.1. The summed E-state index contributed by atoms with van der Waals surface area (Å²) >= 11 is 0. The normalized spacial score (nSPS) is 11.1. The highest BCUT2D eigenvalue weighted by Crippen LogP contribution is 2.26. The highest BCUT2D eigenvalue weighted by molar-refractivity contribution is 6.07. The molecular weight excluding hydrogens is 380 g/mol. The molecule has 2 aromatic carbocycles. The molecule has 154 valence electrons. The van der Waals surface area contributed by atoms with E-state index >= 15 is 0 Å². The lowest BCUT2D eigenvalue weighted by molar-refractivity contribution is -0.117. The number of hydrogen-bond donors (Lipinski definition) is 1. The fourth-order valence-electron chi connectivity index (χ4n) is 3.74. The number of hydrogen-bond acceptors (Lipinski definition) is 4. The molecule has 2 aromatic heterocycles. The van der Waals surface area contributed by atoms with Crippen LogP contribution in [0.1, 0.15) is 20.3 Å². The van der Waals surface area contributed by atoms with Crippen molar-refractivity contribution in [1.82, 2.24) is 14.3 Å². The SMILES string of the molecule is CCCn1c2ccccc2c2cnn(CC(=O)Nc3ccccc3OCC)c(=O)c21. The molecule has 0 aliphatic rings. The number of amides is 1. The second kappa shape index (κ2) is 8.41. The lowest BCUT2D eigenvalue weighted by Crippen LogP contribution is -2.30. The van der Waals surface area contributed by atoms with Crippen molar-refractivity contribution in [3.63, 3.8) is 0 Å².